The highest BCUT2D eigenvalue weighted by Crippen LogP contribution is 2.12. The second-order valence-electron chi connectivity index (χ2n) is 3.12. The van der Waals surface area contributed by atoms with Gasteiger partial charge in [-0.25, -0.2) is 0 Å². The molecule has 1 aromatic carbocycles. The quantitative estimate of drug-likeness (QED) is 0.795. The molecule has 3 heteroatoms. The Labute approximate surface area is 83.2 Å². The normalized spacial score (nSPS) is 10.6. The Balaban J connectivity index is 2.43. The standard InChI is InChI=1S/C11H13N3/c1-2-12-8-9-4-3-5-10-11(9)14-7-6-13-10/h3-7,12H,2,8H2,1H3. The first-order valence-corrected chi connectivity index (χ1v) is 4.81. The van der Waals surface area contributed by atoms with Crippen molar-refractivity contribution in [2.45, 2.75) is 13.5 Å². The Morgan fingerprint density at radius 1 is 1.21 bits per heavy atom. The molecule has 1 N–H and O–H groups in total. The largest absolute Gasteiger partial charge is 0.313 e. The summed E-state index contributed by atoms with van der Waals surface area (Å²) in [6.07, 6.45) is 3.46. The van der Waals surface area contributed by atoms with E-state index in [0.29, 0.717) is 0 Å². The lowest BCUT2D eigenvalue weighted by Gasteiger charge is -2.04. The van der Waals surface area contributed by atoms with Gasteiger partial charge in [0, 0.05) is 18.9 Å². The third-order valence-corrected chi connectivity index (χ3v) is 2.15. The fourth-order valence-corrected chi connectivity index (χ4v) is 1.45. The van der Waals surface area contributed by atoms with E-state index in [9.17, 15) is 0 Å². The van der Waals surface area contributed by atoms with Gasteiger partial charge in [-0.1, -0.05) is 19.1 Å². The molecule has 72 valence electrons. The van der Waals surface area contributed by atoms with E-state index in [0.717, 1.165) is 24.1 Å². The van der Waals surface area contributed by atoms with Crippen LogP contribution in [0.3, 0.4) is 0 Å². The van der Waals surface area contributed by atoms with E-state index in [1.807, 2.05) is 12.1 Å². The Morgan fingerprint density at radius 3 is 2.93 bits per heavy atom. The summed E-state index contributed by atoms with van der Waals surface area (Å²) in [5, 5.41) is 3.29. The Bertz CT molecular complexity index is 420. The molecule has 0 radical (unpaired) electrons. The number of para-hydroxylation sites is 1. The van der Waals surface area contributed by atoms with Gasteiger partial charge in [-0.3, -0.25) is 9.97 Å². The highest BCUT2D eigenvalue weighted by Gasteiger charge is 2.00. The first-order chi connectivity index (χ1) is 6.92. The van der Waals surface area contributed by atoms with Crippen LogP contribution in [-0.2, 0) is 6.54 Å². The van der Waals surface area contributed by atoms with Gasteiger partial charge < -0.3 is 5.32 Å². The number of hydrogen-bond acceptors (Lipinski definition) is 3. The molecule has 1 aromatic heterocycles. The number of hydrogen-bond donors (Lipinski definition) is 1. The maximum Gasteiger partial charge on any atom is 0.0931 e. The molecule has 0 amide bonds. The van der Waals surface area contributed by atoms with Gasteiger partial charge >= 0.3 is 0 Å². The van der Waals surface area contributed by atoms with Crippen molar-refractivity contribution in [3.05, 3.63) is 36.2 Å². The van der Waals surface area contributed by atoms with E-state index in [-0.39, 0.29) is 0 Å². The van der Waals surface area contributed by atoms with Crippen molar-refractivity contribution in [3.8, 4) is 0 Å². The zero-order chi connectivity index (χ0) is 9.80. The first-order valence-electron chi connectivity index (χ1n) is 4.81. The topological polar surface area (TPSA) is 37.8 Å². The van der Waals surface area contributed by atoms with Crippen molar-refractivity contribution in [2.24, 2.45) is 0 Å². The summed E-state index contributed by atoms with van der Waals surface area (Å²) in [5.74, 6) is 0. The van der Waals surface area contributed by atoms with Crippen LogP contribution in [0.5, 0.6) is 0 Å². The average Bonchev–Trinajstić information content (AvgIpc) is 2.26. The molecule has 0 fully saturated rings. The lowest BCUT2D eigenvalue weighted by atomic mass is 10.2. The Morgan fingerprint density at radius 2 is 2.07 bits per heavy atom. The zero-order valence-corrected chi connectivity index (χ0v) is 8.20. The number of rotatable bonds is 3. The SMILES string of the molecule is CCNCc1cccc2nccnc12. The molecule has 14 heavy (non-hydrogen) atoms. The smallest absolute Gasteiger partial charge is 0.0931 e. The number of aromatic nitrogens is 2. The highest BCUT2D eigenvalue weighted by molar-refractivity contribution is 5.77. The monoisotopic (exact) mass is 187 g/mol. The van der Waals surface area contributed by atoms with Crippen molar-refractivity contribution in [3.63, 3.8) is 0 Å². The van der Waals surface area contributed by atoms with Crippen LogP contribution < -0.4 is 5.32 Å². The molecule has 1 heterocycles. The van der Waals surface area contributed by atoms with Crippen LogP contribution in [-0.4, -0.2) is 16.5 Å². The second kappa shape index (κ2) is 4.15. The molecular formula is C11H13N3. The molecule has 2 rings (SSSR count). The summed E-state index contributed by atoms with van der Waals surface area (Å²) in [5.41, 5.74) is 3.16. The number of fused-ring (bicyclic) bond motifs is 1. The van der Waals surface area contributed by atoms with Crippen LogP contribution in [0.25, 0.3) is 11.0 Å². The average molecular weight is 187 g/mol. The lowest BCUT2D eigenvalue weighted by Crippen LogP contribution is -2.12. The summed E-state index contributed by atoms with van der Waals surface area (Å²) in [7, 11) is 0. The lowest BCUT2D eigenvalue weighted by molar-refractivity contribution is 0.729. The molecule has 0 bridgehead atoms. The fraction of sp³-hybridized carbons (Fsp3) is 0.273. The summed E-state index contributed by atoms with van der Waals surface area (Å²) in [6.45, 7) is 3.92. The Kier molecular flexibility index (Phi) is 2.70. The van der Waals surface area contributed by atoms with E-state index >= 15 is 0 Å². The van der Waals surface area contributed by atoms with Crippen LogP contribution >= 0.6 is 0 Å². The number of nitrogens with one attached hydrogen (secondary N) is 1. The maximum atomic E-state index is 4.33. The number of benzene rings is 1. The molecule has 0 saturated heterocycles. The van der Waals surface area contributed by atoms with Crippen molar-refractivity contribution >= 4 is 11.0 Å². The molecule has 0 aliphatic heterocycles. The van der Waals surface area contributed by atoms with Gasteiger partial charge in [-0.2, -0.15) is 0 Å². The van der Waals surface area contributed by atoms with Gasteiger partial charge in [-0.15, -0.1) is 0 Å². The van der Waals surface area contributed by atoms with Gasteiger partial charge in [0.25, 0.3) is 0 Å². The summed E-state index contributed by atoms with van der Waals surface area (Å²) in [6, 6.07) is 6.08. The van der Waals surface area contributed by atoms with Crippen LogP contribution in [0.4, 0.5) is 0 Å². The fourth-order valence-electron chi connectivity index (χ4n) is 1.45. The van der Waals surface area contributed by atoms with Crippen molar-refractivity contribution in [1.82, 2.24) is 15.3 Å². The third kappa shape index (κ3) is 1.72. The van der Waals surface area contributed by atoms with E-state index in [1.165, 1.54) is 5.56 Å². The maximum absolute atomic E-state index is 4.33. The minimum Gasteiger partial charge on any atom is -0.313 e. The molecule has 0 unspecified atom stereocenters. The van der Waals surface area contributed by atoms with Gasteiger partial charge in [0.2, 0.25) is 0 Å². The first kappa shape index (κ1) is 9.09. The molecule has 3 nitrogen and oxygen atoms in total. The van der Waals surface area contributed by atoms with Crippen LogP contribution in [0.2, 0.25) is 0 Å². The van der Waals surface area contributed by atoms with E-state index in [2.05, 4.69) is 28.3 Å². The molecule has 0 aliphatic carbocycles. The zero-order valence-electron chi connectivity index (χ0n) is 8.20. The second-order valence-corrected chi connectivity index (χ2v) is 3.12. The summed E-state index contributed by atoms with van der Waals surface area (Å²) < 4.78 is 0. The number of nitrogens with zero attached hydrogens (tertiary/aromatic N) is 2. The molecule has 0 saturated carbocycles. The summed E-state index contributed by atoms with van der Waals surface area (Å²) >= 11 is 0. The highest BCUT2D eigenvalue weighted by atomic mass is 14.8. The molecule has 0 spiro atoms. The van der Waals surface area contributed by atoms with Crippen LogP contribution in [0.1, 0.15) is 12.5 Å². The van der Waals surface area contributed by atoms with E-state index in [4.69, 9.17) is 0 Å². The van der Waals surface area contributed by atoms with Crippen molar-refractivity contribution < 1.29 is 0 Å². The Hall–Kier alpha value is -1.48. The predicted molar refractivity (Wildman–Crippen MR) is 56.9 cm³/mol. The van der Waals surface area contributed by atoms with Gasteiger partial charge in [0.1, 0.15) is 0 Å². The molecule has 2 aromatic rings. The molecule has 0 aliphatic rings. The predicted octanol–water partition coefficient (Wildman–Crippen LogP) is 1.74. The minimum absolute atomic E-state index is 0.854. The van der Waals surface area contributed by atoms with Crippen LogP contribution in [0.15, 0.2) is 30.6 Å². The molecular weight excluding hydrogens is 174 g/mol. The van der Waals surface area contributed by atoms with Crippen LogP contribution in [0, 0.1) is 0 Å². The van der Waals surface area contributed by atoms with E-state index < -0.39 is 0 Å². The third-order valence-electron chi connectivity index (χ3n) is 2.15. The van der Waals surface area contributed by atoms with Crippen molar-refractivity contribution in [2.75, 3.05) is 6.54 Å². The van der Waals surface area contributed by atoms with E-state index in [1.54, 1.807) is 12.4 Å². The summed E-state index contributed by atoms with van der Waals surface area (Å²) in [4.78, 5) is 8.59. The minimum atomic E-state index is 0.854. The van der Waals surface area contributed by atoms with Crippen molar-refractivity contribution in [1.29, 1.82) is 0 Å². The molecule has 0 atom stereocenters. The van der Waals surface area contributed by atoms with Gasteiger partial charge in [-0.05, 0) is 18.2 Å². The van der Waals surface area contributed by atoms with Gasteiger partial charge in [0.15, 0.2) is 0 Å². The van der Waals surface area contributed by atoms with Gasteiger partial charge in [0.05, 0.1) is 11.0 Å².